The van der Waals surface area contributed by atoms with Crippen molar-refractivity contribution in [3.8, 4) is 0 Å². The van der Waals surface area contributed by atoms with Gasteiger partial charge in [0.1, 0.15) is 0 Å². The van der Waals surface area contributed by atoms with Gasteiger partial charge in [0.05, 0.1) is 16.3 Å². The summed E-state index contributed by atoms with van der Waals surface area (Å²) in [5.74, 6) is 0. The Hall–Kier alpha value is -2.76. The van der Waals surface area contributed by atoms with Crippen LogP contribution in [0.2, 0.25) is 0 Å². The van der Waals surface area contributed by atoms with E-state index in [1.165, 1.54) is 12.1 Å². The van der Waals surface area contributed by atoms with Crippen LogP contribution in [0.4, 0.5) is 22.7 Å². The number of hydrogen-bond donors (Lipinski definition) is 1. The van der Waals surface area contributed by atoms with E-state index in [9.17, 15) is 10.1 Å². The Bertz CT molecular complexity index is 701. The number of anilines is 1. The van der Waals surface area contributed by atoms with Crippen LogP contribution in [-0.4, -0.2) is 11.5 Å². The number of nitro groups is 1. The van der Waals surface area contributed by atoms with E-state index in [0.29, 0.717) is 5.69 Å². The first kappa shape index (κ1) is 16.6. The summed E-state index contributed by atoms with van der Waals surface area (Å²) in [6.45, 7) is 6.64. The Balaban J connectivity index is 2.18. The lowest BCUT2D eigenvalue weighted by molar-refractivity contribution is -0.384. The molecular weight excluding hydrogens is 292 g/mol. The van der Waals surface area contributed by atoms with Crippen LogP contribution in [0.15, 0.2) is 46.6 Å². The van der Waals surface area contributed by atoms with E-state index in [1.807, 2.05) is 24.3 Å². The topological polar surface area (TPSA) is 79.9 Å². The monoisotopic (exact) mass is 312 g/mol. The molecule has 2 aromatic rings. The van der Waals surface area contributed by atoms with E-state index >= 15 is 0 Å². The molecule has 2 aromatic carbocycles. The standard InChI is InChI=1S/C17H20N4O2/c1-4-9-18-14-5-7-15(8-6-14)19-20-17-12(2)10-16(21(22)23)11-13(17)3/h5-8,10-11,18H,4,9H2,1-3H3. The zero-order valence-electron chi connectivity index (χ0n) is 13.5. The van der Waals surface area contributed by atoms with Crippen molar-refractivity contribution in [1.82, 2.24) is 0 Å². The normalized spacial score (nSPS) is 10.9. The van der Waals surface area contributed by atoms with Gasteiger partial charge in [-0.1, -0.05) is 6.92 Å². The van der Waals surface area contributed by atoms with Crippen molar-refractivity contribution in [2.75, 3.05) is 11.9 Å². The Labute approximate surface area is 135 Å². The van der Waals surface area contributed by atoms with Crippen molar-refractivity contribution in [1.29, 1.82) is 0 Å². The van der Waals surface area contributed by atoms with Crippen LogP contribution in [0, 0.1) is 24.0 Å². The molecule has 0 fully saturated rings. The van der Waals surface area contributed by atoms with Crippen LogP contribution in [0.5, 0.6) is 0 Å². The van der Waals surface area contributed by atoms with E-state index in [1.54, 1.807) is 13.8 Å². The highest BCUT2D eigenvalue weighted by molar-refractivity contribution is 5.58. The van der Waals surface area contributed by atoms with E-state index in [2.05, 4.69) is 22.5 Å². The van der Waals surface area contributed by atoms with Gasteiger partial charge >= 0.3 is 0 Å². The average molecular weight is 312 g/mol. The first-order chi connectivity index (χ1) is 11.0. The summed E-state index contributed by atoms with van der Waals surface area (Å²) in [7, 11) is 0. The molecular formula is C17H20N4O2. The number of aryl methyl sites for hydroxylation is 2. The number of benzene rings is 2. The molecule has 6 heteroatoms. The molecule has 6 nitrogen and oxygen atoms in total. The maximum Gasteiger partial charge on any atom is 0.270 e. The molecule has 0 aliphatic carbocycles. The fourth-order valence-electron chi connectivity index (χ4n) is 2.22. The molecule has 0 amide bonds. The van der Waals surface area contributed by atoms with Crippen molar-refractivity contribution >= 4 is 22.7 Å². The van der Waals surface area contributed by atoms with Gasteiger partial charge in [0.15, 0.2) is 0 Å². The second-order valence-electron chi connectivity index (χ2n) is 5.36. The Morgan fingerprint density at radius 3 is 2.22 bits per heavy atom. The van der Waals surface area contributed by atoms with E-state index in [0.717, 1.165) is 35.5 Å². The largest absolute Gasteiger partial charge is 0.385 e. The molecule has 0 spiro atoms. The van der Waals surface area contributed by atoms with Gasteiger partial charge in [-0.3, -0.25) is 10.1 Å². The summed E-state index contributed by atoms with van der Waals surface area (Å²) in [6.07, 6.45) is 1.07. The third-order valence-corrected chi connectivity index (χ3v) is 3.40. The van der Waals surface area contributed by atoms with Gasteiger partial charge in [-0.2, -0.15) is 10.2 Å². The maximum atomic E-state index is 10.8. The first-order valence-electron chi connectivity index (χ1n) is 7.52. The number of nitro benzene ring substituents is 1. The average Bonchev–Trinajstić information content (AvgIpc) is 2.53. The molecule has 0 unspecified atom stereocenters. The number of non-ortho nitro benzene ring substituents is 1. The summed E-state index contributed by atoms with van der Waals surface area (Å²) in [4.78, 5) is 10.4. The van der Waals surface area contributed by atoms with Crippen molar-refractivity contribution in [2.24, 2.45) is 10.2 Å². The Kier molecular flexibility index (Phi) is 5.41. The van der Waals surface area contributed by atoms with Gasteiger partial charge in [0.25, 0.3) is 5.69 Å². The van der Waals surface area contributed by atoms with Gasteiger partial charge in [0.2, 0.25) is 0 Å². The molecule has 0 saturated heterocycles. The highest BCUT2D eigenvalue weighted by Crippen LogP contribution is 2.30. The SMILES string of the molecule is CCCNc1ccc(N=Nc2c(C)cc([N+](=O)[O-])cc2C)cc1. The van der Waals surface area contributed by atoms with E-state index in [-0.39, 0.29) is 5.69 Å². The molecule has 120 valence electrons. The lowest BCUT2D eigenvalue weighted by Crippen LogP contribution is -1.98. The van der Waals surface area contributed by atoms with Gasteiger partial charge in [0, 0.05) is 24.4 Å². The molecule has 0 aliphatic rings. The highest BCUT2D eigenvalue weighted by Gasteiger charge is 2.11. The third kappa shape index (κ3) is 4.35. The lowest BCUT2D eigenvalue weighted by atomic mass is 10.1. The Morgan fingerprint density at radius 2 is 1.70 bits per heavy atom. The van der Waals surface area contributed by atoms with Crippen molar-refractivity contribution in [2.45, 2.75) is 27.2 Å². The van der Waals surface area contributed by atoms with Gasteiger partial charge in [-0.15, -0.1) is 0 Å². The molecule has 1 N–H and O–H groups in total. The molecule has 0 atom stereocenters. The van der Waals surface area contributed by atoms with Crippen LogP contribution in [-0.2, 0) is 0 Å². The molecule has 0 saturated carbocycles. The highest BCUT2D eigenvalue weighted by atomic mass is 16.6. The number of nitrogens with zero attached hydrogens (tertiary/aromatic N) is 3. The fourth-order valence-corrected chi connectivity index (χ4v) is 2.22. The van der Waals surface area contributed by atoms with Gasteiger partial charge in [-0.05, 0) is 55.7 Å². The molecule has 0 radical (unpaired) electrons. The minimum Gasteiger partial charge on any atom is -0.385 e. The van der Waals surface area contributed by atoms with Crippen LogP contribution < -0.4 is 5.32 Å². The van der Waals surface area contributed by atoms with Crippen molar-refractivity contribution < 1.29 is 4.92 Å². The predicted octanol–water partition coefficient (Wildman–Crippen LogP) is 5.45. The quantitative estimate of drug-likeness (QED) is 0.437. The fraction of sp³-hybridized carbons (Fsp3) is 0.294. The van der Waals surface area contributed by atoms with Crippen molar-refractivity contribution in [3.05, 3.63) is 57.6 Å². The summed E-state index contributed by atoms with van der Waals surface area (Å²) < 4.78 is 0. The summed E-state index contributed by atoms with van der Waals surface area (Å²) in [5, 5.41) is 22.6. The molecule has 0 bridgehead atoms. The van der Waals surface area contributed by atoms with Gasteiger partial charge < -0.3 is 5.32 Å². The number of hydrogen-bond acceptors (Lipinski definition) is 5. The second-order valence-corrected chi connectivity index (χ2v) is 5.36. The lowest BCUT2D eigenvalue weighted by Gasteiger charge is -2.05. The third-order valence-electron chi connectivity index (χ3n) is 3.40. The molecule has 23 heavy (non-hydrogen) atoms. The molecule has 0 aromatic heterocycles. The molecule has 0 aliphatic heterocycles. The summed E-state index contributed by atoms with van der Waals surface area (Å²) >= 11 is 0. The summed E-state index contributed by atoms with van der Waals surface area (Å²) in [5.41, 5.74) is 4.01. The maximum absolute atomic E-state index is 10.8. The molecule has 2 rings (SSSR count). The van der Waals surface area contributed by atoms with Crippen LogP contribution >= 0.6 is 0 Å². The zero-order chi connectivity index (χ0) is 16.8. The van der Waals surface area contributed by atoms with E-state index < -0.39 is 4.92 Å². The molecule has 0 heterocycles. The second kappa shape index (κ2) is 7.49. The minimum atomic E-state index is -0.400. The van der Waals surface area contributed by atoms with Crippen LogP contribution in [0.3, 0.4) is 0 Å². The van der Waals surface area contributed by atoms with Crippen LogP contribution in [0.25, 0.3) is 0 Å². The number of nitrogens with one attached hydrogen (secondary N) is 1. The predicted molar refractivity (Wildman–Crippen MR) is 92.0 cm³/mol. The zero-order valence-corrected chi connectivity index (χ0v) is 13.5. The summed E-state index contributed by atoms with van der Waals surface area (Å²) in [6, 6.07) is 10.7. The first-order valence-corrected chi connectivity index (χ1v) is 7.52. The smallest absolute Gasteiger partial charge is 0.270 e. The van der Waals surface area contributed by atoms with Crippen LogP contribution in [0.1, 0.15) is 24.5 Å². The van der Waals surface area contributed by atoms with Gasteiger partial charge in [-0.25, -0.2) is 0 Å². The number of azo groups is 1. The van der Waals surface area contributed by atoms with E-state index in [4.69, 9.17) is 0 Å². The minimum absolute atomic E-state index is 0.0744. The van der Waals surface area contributed by atoms with Crippen molar-refractivity contribution in [3.63, 3.8) is 0 Å². The number of rotatable bonds is 6. The Morgan fingerprint density at radius 1 is 1.09 bits per heavy atom.